The van der Waals surface area contributed by atoms with Crippen LogP contribution in [-0.4, -0.2) is 30.2 Å². The summed E-state index contributed by atoms with van der Waals surface area (Å²) >= 11 is 0. The number of carbonyl (C=O) groups is 1. The minimum atomic E-state index is -0.278. The predicted molar refractivity (Wildman–Crippen MR) is 82.7 cm³/mol. The van der Waals surface area contributed by atoms with Crippen molar-refractivity contribution in [2.75, 3.05) is 14.2 Å². The molecular weight excluding hydrogens is 284 g/mol. The Balaban J connectivity index is 2.28. The summed E-state index contributed by atoms with van der Waals surface area (Å²) < 4.78 is 10.2. The molecule has 0 amide bonds. The molecule has 2 aromatic carbocycles. The van der Waals surface area contributed by atoms with Gasteiger partial charge in [-0.2, -0.15) is 0 Å². The van der Waals surface area contributed by atoms with Crippen molar-refractivity contribution in [3.05, 3.63) is 53.6 Å². The van der Waals surface area contributed by atoms with Crippen LogP contribution in [0.1, 0.15) is 15.9 Å². The van der Waals surface area contributed by atoms with Crippen molar-refractivity contribution in [2.45, 2.75) is 0 Å². The SMILES string of the molecule is COc1cc(OC)cc(C(=O)/C=C/c2cc(O)ccc2O)c1. The lowest BCUT2D eigenvalue weighted by atomic mass is 10.1. The number of rotatable bonds is 5. The van der Waals surface area contributed by atoms with E-state index < -0.39 is 0 Å². The van der Waals surface area contributed by atoms with Crippen LogP contribution in [-0.2, 0) is 0 Å². The van der Waals surface area contributed by atoms with Crippen molar-refractivity contribution in [3.63, 3.8) is 0 Å². The van der Waals surface area contributed by atoms with Crippen LogP contribution in [0.25, 0.3) is 6.08 Å². The molecule has 2 aromatic rings. The predicted octanol–water partition coefficient (Wildman–Crippen LogP) is 3.01. The molecular formula is C17H16O5. The Labute approximate surface area is 128 Å². The van der Waals surface area contributed by atoms with E-state index in [2.05, 4.69) is 0 Å². The van der Waals surface area contributed by atoms with E-state index >= 15 is 0 Å². The van der Waals surface area contributed by atoms with Gasteiger partial charge < -0.3 is 19.7 Å². The Bertz CT molecular complexity index is 697. The number of allylic oxidation sites excluding steroid dienone is 1. The van der Waals surface area contributed by atoms with Gasteiger partial charge in [0, 0.05) is 17.2 Å². The second kappa shape index (κ2) is 6.67. The number of hydrogen-bond donors (Lipinski definition) is 2. The van der Waals surface area contributed by atoms with E-state index in [0.717, 1.165) is 0 Å². The quantitative estimate of drug-likeness (QED) is 0.504. The first-order valence-corrected chi connectivity index (χ1v) is 6.51. The maximum atomic E-state index is 12.2. The molecule has 0 aliphatic carbocycles. The minimum absolute atomic E-state index is 0.00736. The molecule has 5 heteroatoms. The number of benzene rings is 2. The van der Waals surface area contributed by atoms with Crippen LogP contribution in [0.15, 0.2) is 42.5 Å². The van der Waals surface area contributed by atoms with Gasteiger partial charge in [-0.1, -0.05) is 0 Å². The van der Waals surface area contributed by atoms with Gasteiger partial charge in [0.05, 0.1) is 14.2 Å². The monoisotopic (exact) mass is 300 g/mol. The molecule has 0 atom stereocenters. The number of ether oxygens (including phenoxy) is 2. The first-order valence-electron chi connectivity index (χ1n) is 6.51. The highest BCUT2D eigenvalue weighted by Crippen LogP contribution is 2.25. The molecule has 0 unspecified atom stereocenters. The van der Waals surface area contributed by atoms with Crippen molar-refractivity contribution in [3.8, 4) is 23.0 Å². The molecule has 0 saturated carbocycles. The Morgan fingerprint density at radius 3 is 2.23 bits per heavy atom. The van der Waals surface area contributed by atoms with Crippen molar-refractivity contribution >= 4 is 11.9 Å². The van der Waals surface area contributed by atoms with Crippen molar-refractivity contribution < 1.29 is 24.5 Å². The molecule has 0 spiro atoms. The number of aromatic hydroxyl groups is 2. The third kappa shape index (κ3) is 3.58. The second-order valence-corrected chi connectivity index (χ2v) is 4.54. The summed E-state index contributed by atoms with van der Waals surface area (Å²) in [5.41, 5.74) is 0.746. The standard InChI is InChI=1S/C17H16O5/c1-21-14-8-12(9-15(10-14)22-2)17(20)5-3-11-7-13(18)4-6-16(11)19/h3-10,18-19H,1-2H3/b5-3+. The third-order valence-corrected chi connectivity index (χ3v) is 3.06. The van der Waals surface area contributed by atoms with Crippen molar-refractivity contribution in [2.24, 2.45) is 0 Å². The average molecular weight is 300 g/mol. The number of phenols is 2. The van der Waals surface area contributed by atoms with Gasteiger partial charge in [0.1, 0.15) is 23.0 Å². The summed E-state index contributed by atoms with van der Waals surface area (Å²) in [6.07, 6.45) is 2.74. The second-order valence-electron chi connectivity index (χ2n) is 4.54. The van der Waals surface area contributed by atoms with Gasteiger partial charge in [-0.05, 0) is 42.5 Å². The van der Waals surface area contributed by atoms with Crippen molar-refractivity contribution in [1.82, 2.24) is 0 Å². The molecule has 114 valence electrons. The molecule has 2 N–H and O–H groups in total. The maximum absolute atomic E-state index is 12.2. The number of methoxy groups -OCH3 is 2. The van der Waals surface area contributed by atoms with Gasteiger partial charge >= 0.3 is 0 Å². The third-order valence-electron chi connectivity index (χ3n) is 3.06. The smallest absolute Gasteiger partial charge is 0.186 e. The first-order chi connectivity index (χ1) is 10.5. The van der Waals surface area contributed by atoms with Gasteiger partial charge in [0.15, 0.2) is 5.78 Å². The molecule has 0 aromatic heterocycles. The van der Waals surface area contributed by atoms with Crippen LogP contribution in [0.2, 0.25) is 0 Å². The van der Waals surface area contributed by atoms with Gasteiger partial charge in [-0.25, -0.2) is 0 Å². The molecule has 0 aliphatic heterocycles. The molecule has 5 nitrogen and oxygen atoms in total. The number of ketones is 1. The summed E-state index contributed by atoms with van der Waals surface area (Å²) in [5, 5.41) is 19.1. The Morgan fingerprint density at radius 1 is 1.00 bits per heavy atom. The van der Waals surface area contributed by atoms with Gasteiger partial charge in [0.2, 0.25) is 0 Å². The first kappa shape index (κ1) is 15.4. The van der Waals surface area contributed by atoms with Crippen molar-refractivity contribution in [1.29, 1.82) is 0 Å². The fraction of sp³-hybridized carbons (Fsp3) is 0.118. The molecule has 0 heterocycles. The van der Waals surface area contributed by atoms with E-state index in [4.69, 9.17) is 9.47 Å². The van der Waals surface area contributed by atoms with E-state index in [0.29, 0.717) is 22.6 Å². The summed E-state index contributed by atoms with van der Waals surface area (Å²) in [7, 11) is 3.01. The van der Waals surface area contributed by atoms with Crippen LogP contribution < -0.4 is 9.47 Å². The summed E-state index contributed by atoms with van der Waals surface area (Å²) in [4.78, 5) is 12.2. The van der Waals surface area contributed by atoms with E-state index in [-0.39, 0.29) is 17.3 Å². The van der Waals surface area contributed by atoms with Gasteiger partial charge in [-0.15, -0.1) is 0 Å². The topological polar surface area (TPSA) is 76.0 Å². The highest BCUT2D eigenvalue weighted by atomic mass is 16.5. The Morgan fingerprint density at radius 2 is 1.64 bits per heavy atom. The Hall–Kier alpha value is -2.95. The molecule has 22 heavy (non-hydrogen) atoms. The largest absolute Gasteiger partial charge is 0.508 e. The van der Waals surface area contributed by atoms with Crippen LogP contribution in [0.3, 0.4) is 0 Å². The average Bonchev–Trinajstić information content (AvgIpc) is 2.54. The lowest BCUT2D eigenvalue weighted by Crippen LogP contribution is -1.97. The minimum Gasteiger partial charge on any atom is -0.508 e. The normalized spacial score (nSPS) is 10.6. The summed E-state index contributed by atoms with van der Waals surface area (Å²) in [5.74, 6) is 0.727. The zero-order valence-electron chi connectivity index (χ0n) is 12.2. The van der Waals surface area contributed by atoms with Crippen LogP contribution in [0, 0.1) is 0 Å². The lowest BCUT2D eigenvalue weighted by molar-refractivity contribution is 0.104. The summed E-state index contributed by atoms with van der Waals surface area (Å²) in [6.45, 7) is 0. The molecule has 0 radical (unpaired) electrons. The zero-order valence-corrected chi connectivity index (χ0v) is 12.2. The lowest BCUT2D eigenvalue weighted by Gasteiger charge is -2.06. The van der Waals surface area contributed by atoms with Crippen LogP contribution in [0.4, 0.5) is 0 Å². The van der Waals surface area contributed by atoms with E-state index in [9.17, 15) is 15.0 Å². The fourth-order valence-corrected chi connectivity index (χ4v) is 1.89. The highest BCUT2D eigenvalue weighted by molar-refractivity contribution is 6.07. The van der Waals surface area contributed by atoms with Gasteiger partial charge in [0.25, 0.3) is 0 Å². The van der Waals surface area contributed by atoms with Crippen LogP contribution >= 0.6 is 0 Å². The molecule has 0 fully saturated rings. The number of phenolic OH excluding ortho intramolecular Hbond substituents is 2. The van der Waals surface area contributed by atoms with E-state index in [1.807, 2.05) is 0 Å². The molecule has 2 rings (SSSR count). The maximum Gasteiger partial charge on any atom is 0.186 e. The molecule has 0 saturated heterocycles. The summed E-state index contributed by atoms with van der Waals surface area (Å²) in [6, 6.07) is 8.94. The molecule has 0 bridgehead atoms. The highest BCUT2D eigenvalue weighted by Gasteiger charge is 2.08. The zero-order chi connectivity index (χ0) is 16.1. The molecule has 0 aliphatic rings. The fourth-order valence-electron chi connectivity index (χ4n) is 1.89. The van der Waals surface area contributed by atoms with E-state index in [1.54, 1.807) is 18.2 Å². The van der Waals surface area contributed by atoms with E-state index in [1.165, 1.54) is 44.6 Å². The van der Waals surface area contributed by atoms with Gasteiger partial charge in [-0.3, -0.25) is 4.79 Å². The number of hydrogen-bond acceptors (Lipinski definition) is 5. The van der Waals surface area contributed by atoms with Crippen LogP contribution in [0.5, 0.6) is 23.0 Å². The Kier molecular flexibility index (Phi) is 4.68. The number of carbonyl (C=O) groups excluding carboxylic acids is 1.